The summed E-state index contributed by atoms with van der Waals surface area (Å²) in [6, 6.07) is 3.35. The summed E-state index contributed by atoms with van der Waals surface area (Å²) >= 11 is 0. The van der Waals surface area contributed by atoms with E-state index in [1.54, 1.807) is 0 Å². The second-order valence-electron chi connectivity index (χ2n) is 5.12. The van der Waals surface area contributed by atoms with Crippen molar-refractivity contribution in [3.63, 3.8) is 0 Å². The molecule has 0 radical (unpaired) electrons. The van der Waals surface area contributed by atoms with Gasteiger partial charge in [0.2, 0.25) is 10.0 Å². The molecule has 0 atom stereocenters. The van der Waals surface area contributed by atoms with Gasteiger partial charge in [0.25, 0.3) is 11.6 Å². The first-order valence-electron chi connectivity index (χ1n) is 7.20. The third kappa shape index (κ3) is 5.34. The molecule has 140 valence electrons. The van der Waals surface area contributed by atoms with E-state index < -0.39 is 37.0 Å². The number of primary amides is 1. The minimum absolute atomic E-state index is 0. The number of nitrogens with one attached hydrogen (secondary N) is 1. The van der Waals surface area contributed by atoms with Crippen LogP contribution in [0.3, 0.4) is 0 Å². The number of sulfonamides is 1. The fraction of sp³-hybridized carbons (Fsp3) is 0.462. The molecule has 1 saturated heterocycles. The number of rotatable bonds is 7. The van der Waals surface area contributed by atoms with Gasteiger partial charge >= 0.3 is 0 Å². The van der Waals surface area contributed by atoms with Gasteiger partial charge in [0.05, 0.1) is 18.1 Å². The highest BCUT2D eigenvalue weighted by Gasteiger charge is 2.29. The summed E-state index contributed by atoms with van der Waals surface area (Å²) in [5.41, 5.74) is 3.87. The van der Waals surface area contributed by atoms with E-state index in [1.165, 1.54) is 6.07 Å². The van der Waals surface area contributed by atoms with Crippen molar-refractivity contribution in [3.05, 3.63) is 33.9 Å². The quantitative estimate of drug-likeness (QED) is 0.478. The van der Waals surface area contributed by atoms with Gasteiger partial charge in [0.1, 0.15) is 10.5 Å². The lowest BCUT2D eigenvalue weighted by molar-refractivity contribution is -0.385. The molecular weight excluding hydrogens is 376 g/mol. The third-order valence-corrected chi connectivity index (χ3v) is 5.06. The van der Waals surface area contributed by atoms with E-state index in [0.29, 0.717) is 32.8 Å². The maximum absolute atomic E-state index is 12.4. The number of nitro benzene ring substituents is 1. The van der Waals surface area contributed by atoms with E-state index in [2.05, 4.69) is 4.72 Å². The van der Waals surface area contributed by atoms with Gasteiger partial charge in [-0.15, -0.1) is 12.4 Å². The van der Waals surface area contributed by atoms with E-state index in [-0.39, 0.29) is 19.0 Å². The predicted octanol–water partition coefficient (Wildman–Crippen LogP) is -0.274. The van der Waals surface area contributed by atoms with Crippen LogP contribution in [-0.2, 0) is 14.8 Å². The molecule has 2 rings (SSSR count). The number of morpholine rings is 1. The first kappa shape index (κ1) is 21.3. The Labute approximate surface area is 150 Å². The summed E-state index contributed by atoms with van der Waals surface area (Å²) in [4.78, 5) is 23.2. The summed E-state index contributed by atoms with van der Waals surface area (Å²) in [6.45, 7) is 3.13. The molecule has 0 unspecified atom stereocenters. The maximum atomic E-state index is 12.4. The first-order chi connectivity index (χ1) is 11.3. The molecule has 0 aliphatic carbocycles. The lowest BCUT2D eigenvalue weighted by atomic mass is 10.2. The molecule has 1 aliphatic heterocycles. The van der Waals surface area contributed by atoms with Gasteiger partial charge in [-0.2, -0.15) is 0 Å². The average Bonchev–Trinajstić information content (AvgIpc) is 2.54. The predicted molar refractivity (Wildman–Crippen MR) is 91.3 cm³/mol. The van der Waals surface area contributed by atoms with Crippen molar-refractivity contribution in [2.24, 2.45) is 5.73 Å². The van der Waals surface area contributed by atoms with Crippen molar-refractivity contribution >= 4 is 34.0 Å². The van der Waals surface area contributed by atoms with Gasteiger partial charge in [-0.25, -0.2) is 13.1 Å². The Balaban J connectivity index is 0.00000312. The average molecular weight is 395 g/mol. The Hall–Kier alpha value is -1.79. The molecule has 1 heterocycles. The Kier molecular flexibility index (Phi) is 7.70. The van der Waals surface area contributed by atoms with E-state index in [1.807, 2.05) is 4.90 Å². The summed E-state index contributed by atoms with van der Waals surface area (Å²) in [5.74, 6) is -1.17. The van der Waals surface area contributed by atoms with Crippen LogP contribution in [-0.4, -0.2) is 63.5 Å². The molecule has 0 bridgehead atoms. The van der Waals surface area contributed by atoms with Crippen LogP contribution in [0.1, 0.15) is 10.4 Å². The SMILES string of the molecule is Cl.NC(=O)c1c([N+](=O)[O-])cccc1S(=O)(=O)NCCN1CCOCC1. The first-order valence-corrected chi connectivity index (χ1v) is 8.68. The molecule has 3 N–H and O–H groups in total. The van der Waals surface area contributed by atoms with Gasteiger partial charge in [0.15, 0.2) is 0 Å². The van der Waals surface area contributed by atoms with Crippen LogP contribution in [0.25, 0.3) is 0 Å². The number of ether oxygens (including phenoxy) is 1. The van der Waals surface area contributed by atoms with Gasteiger partial charge < -0.3 is 10.5 Å². The highest BCUT2D eigenvalue weighted by atomic mass is 35.5. The molecule has 1 fully saturated rings. The number of nitrogens with zero attached hydrogens (tertiary/aromatic N) is 2. The lowest BCUT2D eigenvalue weighted by Gasteiger charge is -2.26. The van der Waals surface area contributed by atoms with Gasteiger partial charge in [-0.05, 0) is 6.07 Å². The summed E-state index contributed by atoms with van der Waals surface area (Å²) in [6.07, 6.45) is 0. The number of nitro groups is 1. The number of amides is 1. The van der Waals surface area contributed by atoms with E-state index in [9.17, 15) is 23.3 Å². The Morgan fingerprint density at radius 3 is 2.56 bits per heavy atom. The van der Waals surface area contributed by atoms with Crippen LogP contribution < -0.4 is 10.5 Å². The largest absolute Gasteiger partial charge is 0.379 e. The highest BCUT2D eigenvalue weighted by Crippen LogP contribution is 2.25. The highest BCUT2D eigenvalue weighted by molar-refractivity contribution is 7.89. The van der Waals surface area contributed by atoms with Crippen molar-refractivity contribution in [2.75, 3.05) is 39.4 Å². The number of carbonyl (C=O) groups excluding carboxylic acids is 1. The van der Waals surface area contributed by atoms with Crippen LogP contribution in [0.4, 0.5) is 5.69 Å². The van der Waals surface area contributed by atoms with Crippen molar-refractivity contribution < 1.29 is 22.9 Å². The Morgan fingerprint density at radius 1 is 1.36 bits per heavy atom. The minimum atomic E-state index is -4.11. The van der Waals surface area contributed by atoms with Gasteiger partial charge in [-0.3, -0.25) is 19.8 Å². The van der Waals surface area contributed by atoms with E-state index in [4.69, 9.17) is 10.5 Å². The lowest BCUT2D eigenvalue weighted by Crippen LogP contribution is -2.41. The van der Waals surface area contributed by atoms with Crippen molar-refractivity contribution in [3.8, 4) is 0 Å². The molecule has 0 saturated carbocycles. The van der Waals surface area contributed by atoms with Crippen LogP contribution in [0.15, 0.2) is 23.1 Å². The molecule has 0 aromatic heterocycles. The Bertz CT molecular complexity index is 736. The number of benzene rings is 1. The molecule has 12 heteroatoms. The zero-order valence-electron chi connectivity index (χ0n) is 13.2. The Morgan fingerprint density at radius 2 is 2.00 bits per heavy atom. The number of hydrogen-bond donors (Lipinski definition) is 2. The topological polar surface area (TPSA) is 145 Å². The molecule has 1 aromatic rings. The van der Waals surface area contributed by atoms with Crippen molar-refractivity contribution in [1.82, 2.24) is 9.62 Å². The molecule has 10 nitrogen and oxygen atoms in total. The smallest absolute Gasteiger partial charge is 0.283 e. The van der Waals surface area contributed by atoms with Crippen LogP contribution in [0.5, 0.6) is 0 Å². The van der Waals surface area contributed by atoms with Crippen molar-refractivity contribution in [2.45, 2.75) is 4.90 Å². The summed E-state index contributed by atoms with van der Waals surface area (Å²) in [5, 5.41) is 11.0. The molecule has 1 amide bonds. The van der Waals surface area contributed by atoms with Gasteiger partial charge in [-0.1, -0.05) is 6.07 Å². The maximum Gasteiger partial charge on any atom is 0.283 e. The zero-order valence-corrected chi connectivity index (χ0v) is 14.8. The second kappa shape index (κ2) is 9.06. The number of hydrogen-bond acceptors (Lipinski definition) is 7. The second-order valence-corrected chi connectivity index (χ2v) is 6.86. The molecule has 0 spiro atoms. The van der Waals surface area contributed by atoms with Crippen molar-refractivity contribution in [1.29, 1.82) is 0 Å². The van der Waals surface area contributed by atoms with E-state index >= 15 is 0 Å². The van der Waals surface area contributed by atoms with E-state index in [0.717, 1.165) is 12.1 Å². The number of halogens is 1. The zero-order chi connectivity index (χ0) is 17.7. The van der Waals surface area contributed by atoms with Crippen LogP contribution in [0, 0.1) is 10.1 Å². The molecule has 1 aromatic carbocycles. The summed E-state index contributed by atoms with van der Waals surface area (Å²) in [7, 11) is -4.11. The molecule has 25 heavy (non-hydrogen) atoms. The number of nitrogens with two attached hydrogens (primary N) is 1. The fourth-order valence-electron chi connectivity index (χ4n) is 2.38. The minimum Gasteiger partial charge on any atom is -0.379 e. The standard InChI is InChI=1S/C13H18N4O6S.ClH/c14-13(18)12-10(17(19)20)2-1-3-11(12)24(21,22)15-4-5-16-6-8-23-9-7-16;/h1-3,15H,4-9H2,(H2,14,18);1H. The summed E-state index contributed by atoms with van der Waals surface area (Å²) < 4.78 is 32.3. The fourth-order valence-corrected chi connectivity index (χ4v) is 3.63. The van der Waals surface area contributed by atoms with Gasteiger partial charge in [0, 0.05) is 32.2 Å². The molecule has 1 aliphatic rings. The van der Waals surface area contributed by atoms with Crippen LogP contribution >= 0.6 is 12.4 Å². The molecular formula is C13H19ClN4O6S. The third-order valence-electron chi connectivity index (χ3n) is 3.56. The normalized spacial score (nSPS) is 15.4. The number of carbonyl (C=O) groups is 1. The van der Waals surface area contributed by atoms with Crippen LogP contribution in [0.2, 0.25) is 0 Å². The monoisotopic (exact) mass is 394 g/mol.